The first kappa shape index (κ1) is 15.2. The average molecular weight is 292 g/mol. The number of ether oxygens (including phenoxy) is 1. The third-order valence-electron chi connectivity index (χ3n) is 2.95. The molecule has 0 aromatic heterocycles. The van der Waals surface area contributed by atoms with Gasteiger partial charge in [0.1, 0.15) is 5.75 Å². The van der Waals surface area contributed by atoms with Crippen LogP contribution in [-0.4, -0.2) is 23.6 Å². The van der Waals surface area contributed by atoms with Crippen LogP contribution in [0.1, 0.15) is 34.1 Å². The van der Waals surface area contributed by atoms with Gasteiger partial charge in [-0.05, 0) is 30.9 Å². The number of hydrogen-bond donors (Lipinski definition) is 1. The molecule has 0 saturated carbocycles. The molecule has 1 aliphatic heterocycles. The fourth-order valence-corrected chi connectivity index (χ4v) is 3.60. The minimum Gasteiger partial charge on any atom is -0.494 e. The van der Waals surface area contributed by atoms with E-state index in [0.29, 0.717) is 17.3 Å². The summed E-state index contributed by atoms with van der Waals surface area (Å²) in [5, 5.41) is 5.00. The van der Waals surface area contributed by atoms with Crippen LogP contribution in [0.25, 0.3) is 0 Å². The van der Waals surface area contributed by atoms with Crippen molar-refractivity contribution in [1.29, 1.82) is 0 Å². The summed E-state index contributed by atoms with van der Waals surface area (Å²) in [7, 11) is 0. The van der Waals surface area contributed by atoms with E-state index in [1.165, 1.54) is 6.42 Å². The van der Waals surface area contributed by atoms with Crippen molar-refractivity contribution in [2.45, 2.75) is 39.4 Å². The highest BCUT2D eigenvalue weighted by atomic mass is 32.2. The quantitative estimate of drug-likeness (QED) is 0.892. The molecule has 4 heteroatoms. The van der Waals surface area contributed by atoms with Gasteiger partial charge in [-0.15, -0.1) is 0 Å². The van der Waals surface area contributed by atoms with Gasteiger partial charge in [0, 0.05) is 17.0 Å². The number of anilines is 1. The maximum Gasteiger partial charge on any atom is 0.161 e. The smallest absolute Gasteiger partial charge is 0.161 e. The highest BCUT2D eigenvalue weighted by Gasteiger charge is 2.25. The Bertz CT molecular complexity index is 480. The van der Waals surface area contributed by atoms with E-state index in [1.807, 2.05) is 43.0 Å². The Labute approximate surface area is 126 Å². The van der Waals surface area contributed by atoms with Crippen LogP contribution in [0.5, 0.6) is 5.75 Å². The Balaban J connectivity index is 1.90. The van der Waals surface area contributed by atoms with E-state index in [2.05, 4.69) is 31.1 Å². The van der Waals surface area contributed by atoms with E-state index in [1.54, 1.807) is 0 Å². The molecule has 3 nitrogen and oxygen atoms in total. The minimum atomic E-state index is 0.359. The maximum absolute atomic E-state index is 5.51. The normalized spacial score (nSPS) is 18.8. The van der Waals surface area contributed by atoms with Gasteiger partial charge >= 0.3 is 0 Å². The lowest BCUT2D eigenvalue weighted by Gasteiger charge is -2.21. The molecule has 0 amide bonds. The average Bonchev–Trinajstić information content (AvgIpc) is 2.75. The van der Waals surface area contributed by atoms with Crippen molar-refractivity contribution in [1.82, 2.24) is 0 Å². The molecule has 110 valence electrons. The molecule has 1 unspecified atom stereocenters. The molecule has 0 spiro atoms. The lowest BCUT2D eigenvalue weighted by Crippen LogP contribution is -2.16. The molecule has 0 saturated heterocycles. The number of rotatable bonds is 4. The number of benzene rings is 1. The van der Waals surface area contributed by atoms with Gasteiger partial charge in [0.2, 0.25) is 0 Å². The molecular weight excluding hydrogens is 268 g/mol. The molecule has 1 atom stereocenters. The third-order valence-corrected chi connectivity index (χ3v) is 4.06. The van der Waals surface area contributed by atoms with Gasteiger partial charge in [0.25, 0.3) is 0 Å². The summed E-state index contributed by atoms with van der Waals surface area (Å²) < 4.78 is 5.51. The zero-order chi connectivity index (χ0) is 14.6. The molecule has 1 aromatic carbocycles. The van der Waals surface area contributed by atoms with Gasteiger partial charge < -0.3 is 10.1 Å². The van der Waals surface area contributed by atoms with Crippen LogP contribution < -0.4 is 10.1 Å². The zero-order valence-electron chi connectivity index (χ0n) is 12.8. The molecule has 1 heterocycles. The van der Waals surface area contributed by atoms with Crippen LogP contribution in [0.3, 0.4) is 0 Å². The number of amidine groups is 1. The SMILES string of the molecule is CCOc1cccc(NC2=NCC(CC(C)(C)C)S2)c1. The standard InChI is InChI=1S/C16H24N2OS/c1-5-19-13-8-6-7-12(9-13)18-15-17-11-14(20-15)10-16(2,3)4/h6-9,14H,5,10-11H2,1-4H3,(H,17,18). The van der Waals surface area contributed by atoms with E-state index in [-0.39, 0.29) is 0 Å². The van der Waals surface area contributed by atoms with Crippen LogP contribution in [0, 0.1) is 5.41 Å². The first-order valence-corrected chi connectivity index (χ1v) is 8.05. The van der Waals surface area contributed by atoms with Gasteiger partial charge in [-0.3, -0.25) is 4.99 Å². The molecule has 20 heavy (non-hydrogen) atoms. The van der Waals surface area contributed by atoms with E-state index in [9.17, 15) is 0 Å². The summed E-state index contributed by atoms with van der Waals surface area (Å²) in [6.45, 7) is 10.4. The molecule has 0 fully saturated rings. The van der Waals surface area contributed by atoms with Gasteiger partial charge in [0.05, 0.1) is 13.2 Å². The summed E-state index contributed by atoms with van der Waals surface area (Å²) in [6.07, 6.45) is 1.19. The highest BCUT2D eigenvalue weighted by Crippen LogP contribution is 2.32. The van der Waals surface area contributed by atoms with Crippen molar-refractivity contribution in [3.8, 4) is 5.75 Å². The van der Waals surface area contributed by atoms with E-state index in [4.69, 9.17) is 4.74 Å². The van der Waals surface area contributed by atoms with Crippen LogP contribution in [0.2, 0.25) is 0 Å². The van der Waals surface area contributed by atoms with E-state index >= 15 is 0 Å². The number of nitrogens with zero attached hydrogens (tertiary/aromatic N) is 1. The summed E-state index contributed by atoms with van der Waals surface area (Å²) in [5.74, 6) is 0.896. The van der Waals surface area contributed by atoms with E-state index in [0.717, 1.165) is 23.1 Å². The molecule has 0 radical (unpaired) electrons. The van der Waals surface area contributed by atoms with Gasteiger partial charge in [-0.1, -0.05) is 38.6 Å². The summed E-state index contributed by atoms with van der Waals surface area (Å²) in [5.41, 5.74) is 1.40. The Morgan fingerprint density at radius 2 is 2.20 bits per heavy atom. The lowest BCUT2D eigenvalue weighted by molar-refractivity contribution is 0.340. The number of nitrogens with one attached hydrogen (secondary N) is 1. The Kier molecular flexibility index (Phi) is 4.97. The van der Waals surface area contributed by atoms with Crippen molar-refractivity contribution in [3.63, 3.8) is 0 Å². The maximum atomic E-state index is 5.51. The summed E-state index contributed by atoms with van der Waals surface area (Å²) in [4.78, 5) is 4.60. The van der Waals surface area contributed by atoms with Crippen LogP contribution >= 0.6 is 11.8 Å². The molecule has 0 bridgehead atoms. The van der Waals surface area contributed by atoms with Gasteiger partial charge in [-0.2, -0.15) is 0 Å². The largest absolute Gasteiger partial charge is 0.494 e. The van der Waals surface area contributed by atoms with E-state index < -0.39 is 0 Å². The minimum absolute atomic E-state index is 0.359. The predicted octanol–water partition coefficient (Wildman–Crippen LogP) is 4.40. The summed E-state index contributed by atoms with van der Waals surface area (Å²) >= 11 is 1.85. The molecule has 0 aliphatic carbocycles. The van der Waals surface area contributed by atoms with Crippen molar-refractivity contribution in [2.75, 3.05) is 18.5 Å². The van der Waals surface area contributed by atoms with Crippen LogP contribution in [0.4, 0.5) is 5.69 Å². The second-order valence-electron chi connectivity index (χ2n) is 6.24. The molecule has 1 aliphatic rings. The molecule has 1 aromatic rings. The molecular formula is C16H24N2OS. The second-order valence-corrected chi connectivity index (χ2v) is 7.53. The number of aliphatic imine (C=N–C) groups is 1. The number of thioether (sulfide) groups is 1. The monoisotopic (exact) mass is 292 g/mol. The Morgan fingerprint density at radius 3 is 2.90 bits per heavy atom. The molecule has 2 rings (SSSR count). The fourth-order valence-electron chi connectivity index (χ4n) is 2.23. The van der Waals surface area contributed by atoms with Crippen LogP contribution in [-0.2, 0) is 0 Å². The molecule has 1 N–H and O–H groups in total. The van der Waals surface area contributed by atoms with Gasteiger partial charge in [0.15, 0.2) is 5.17 Å². The van der Waals surface area contributed by atoms with Crippen molar-refractivity contribution >= 4 is 22.6 Å². The number of hydrogen-bond acceptors (Lipinski definition) is 4. The Morgan fingerprint density at radius 1 is 1.40 bits per heavy atom. The van der Waals surface area contributed by atoms with Gasteiger partial charge in [-0.25, -0.2) is 0 Å². The van der Waals surface area contributed by atoms with Crippen molar-refractivity contribution in [3.05, 3.63) is 24.3 Å². The lowest BCUT2D eigenvalue weighted by atomic mass is 9.90. The fraction of sp³-hybridized carbons (Fsp3) is 0.562. The first-order chi connectivity index (χ1) is 9.46. The topological polar surface area (TPSA) is 33.6 Å². The van der Waals surface area contributed by atoms with Crippen molar-refractivity contribution in [2.24, 2.45) is 10.4 Å². The highest BCUT2D eigenvalue weighted by molar-refractivity contribution is 8.15. The van der Waals surface area contributed by atoms with Crippen LogP contribution in [0.15, 0.2) is 29.3 Å². The third kappa shape index (κ3) is 4.75. The van der Waals surface area contributed by atoms with Crippen molar-refractivity contribution < 1.29 is 4.74 Å². The Hall–Kier alpha value is -1.16. The second kappa shape index (κ2) is 6.53. The summed E-state index contributed by atoms with van der Waals surface area (Å²) in [6, 6.07) is 8.03. The first-order valence-electron chi connectivity index (χ1n) is 7.17. The zero-order valence-corrected chi connectivity index (χ0v) is 13.6. The predicted molar refractivity (Wildman–Crippen MR) is 89.0 cm³/mol.